The fourth-order valence-electron chi connectivity index (χ4n) is 9.13. The third-order valence-electron chi connectivity index (χ3n) is 13.9. The first-order chi connectivity index (χ1) is 36.8. The predicted octanol–water partition coefficient (Wildman–Crippen LogP) is 15.0. The monoisotopic (exact) mass is 1120 g/mol. The quantitative estimate of drug-likeness (QED) is 0.0548. The molecule has 13 heteroatoms. The smallest absolute Gasteiger partial charge is 0.343 e. The van der Waals surface area contributed by atoms with E-state index >= 15 is 0 Å². The minimum atomic E-state index is -0.559. The van der Waals surface area contributed by atoms with Crippen molar-refractivity contribution in [3.8, 4) is 23.0 Å². The standard InChI is InChI=1S/C68H98O13/c1-61(2,3)45-33-43(34-46(53(45)69)62(4,5)6)59(73)80-55-49(65(13,14)15)37-41(38-50(55)66(16,17)18)57(71)78-31-29-76-27-25-75-26-28-77-30-32-79-58(72)42-39-51(67(19,20)21)56(52(40-42)68(22,23)24)81-60(74)44-35-47(63(7,8)9)54(70)48(36-44)64(10,11)12/h33-40,69-70H,25-32H2,1-24H3. The number of hydrogen-bond acceptors (Lipinski definition) is 13. The van der Waals surface area contributed by atoms with Crippen LogP contribution in [0.3, 0.4) is 0 Å². The van der Waals surface area contributed by atoms with Gasteiger partial charge in [0.2, 0.25) is 0 Å². The highest BCUT2D eigenvalue weighted by molar-refractivity contribution is 5.95. The normalized spacial score (nSPS) is 13.0. The molecule has 4 rings (SSSR count). The van der Waals surface area contributed by atoms with Crippen molar-refractivity contribution in [2.24, 2.45) is 0 Å². The van der Waals surface area contributed by atoms with Crippen LogP contribution < -0.4 is 9.47 Å². The van der Waals surface area contributed by atoms with E-state index in [1.807, 2.05) is 166 Å². The SMILES string of the molecule is CC(C)(C)c1cc(C(=O)Oc2c(C(C)(C)C)cc(C(=O)OCCOCCOCCOCCOC(=O)c3cc(C(C)(C)C)c(OC(=O)c4cc(C(C)(C)C)c(O)c(C(C)(C)C)c4)c(C(C)(C)C)c3)cc2C(C)(C)C)cc(C(C)(C)C)c1O. The number of hydrogen-bond donors (Lipinski definition) is 2. The van der Waals surface area contributed by atoms with E-state index in [4.69, 9.17) is 33.2 Å². The van der Waals surface area contributed by atoms with Crippen LogP contribution in [-0.4, -0.2) is 86.9 Å². The zero-order valence-corrected chi connectivity index (χ0v) is 53.7. The van der Waals surface area contributed by atoms with E-state index in [1.54, 1.807) is 48.5 Å². The molecule has 448 valence electrons. The summed E-state index contributed by atoms with van der Waals surface area (Å²) >= 11 is 0. The van der Waals surface area contributed by atoms with Crippen molar-refractivity contribution in [2.75, 3.05) is 52.9 Å². The molecule has 0 unspecified atom stereocenters. The molecule has 4 aromatic rings. The summed E-state index contributed by atoms with van der Waals surface area (Å²) in [4.78, 5) is 55.5. The largest absolute Gasteiger partial charge is 0.507 e. The Labute approximate surface area is 485 Å². The first-order valence-electron chi connectivity index (χ1n) is 28.4. The van der Waals surface area contributed by atoms with Crippen molar-refractivity contribution in [1.82, 2.24) is 0 Å². The lowest BCUT2D eigenvalue weighted by atomic mass is 9.78. The van der Waals surface area contributed by atoms with Crippen LogP contribution in [0, 0.1) is 0 Å². The molecule has 0 aliphatic heterocycles. The van der Waals surface area contributed by atoms with Crippen LogP contribution in [0.5, 0.6) is 23.0 Å². The Morgan fingerprint density at radius 3 is 0.654 bits per heavy atom. The van der Waals surface area contributed by atoms with Crippen LogP contribution in [0.1, 0.15) is 252 Å². The zero-order chi connectivity index (χ0) is 61.8. The number of ether oxygens (including phenoxy) is 7. The third-order valence-corrected chi connectivity index (χ3v) is 13.9. The maximum Gasteiger partial charge on any atom is 0.343 e. The number of aromatic hydroxyl groups is 2. The average molecular weight is 1120 g/mol. The van der Waals surface area contributed by atoms with Crippen molar-refractivity contribution in [3.63, 3.8) is 0 Å². The minimum Gasteiger partial charge on any atom is -0.507 e. The summed E-state index contributed by atoms with van der Waals surface area (Å²) < 4.78 is 41.1. The summed E-state index contributed by atoms with van der Waals surface area (Å²) in [6, 6.07) is 13.8. The molecule has 0 fully saturated rings. The molecule has 0 aliphatic carbocycles. The van der Waals surface area contributed by atoms with Gasteiger partial charge < -0.3 is 43.4 Å². The molecule has 0 atom stereocenters. The van der Waals surface area contributed by atoms with Gasteiger partial charge in [0.05, 0.1) is 61.9 Å². The molecule has 0 saturated carbocycles. The molecular formula is C68H98O13. The Bertz CT molecular complexity index is 2560. The summed E-state index contributed by atoms with van der Waals surface area (Å²) in [6.45, 7) is 49.2. The molecule has 13 nitrogen and oxygen atoms in total. The van der Waals surface area contributed by atoms with Gasteiger partial charge in [0.25, 0.3) is 0 Å². The van der Waals surface area contributed by atoms with E-state index in [0.29, 0.717) is 78.3 Å². The number of rotatable bonds is 18. The number of phenols is 2. The zero-order valence-electron chi connectivity index (χ0n) is 53.7. The summed E-state index contributed by atoms with van der Waals surface area (Å²) in [5.74, 6) is -1.07. The van der Waals surface area contributed by atoms with Gasteiger partial charge in [-0.25, -0.2) is 19.2 Å². The highest BCUT2D eigenvalue weighted by Gasteiger charge is 2.36. The number of carbonyl (C=O) groups excluding carboxylic acids is 4. The second-order valence-electron chi connectivity index (χ2n) is 29.5. The lowest BCUT2D eigenvalue weighted by molar-refractivity contribution is -0.00676. The van der Waals surface area contributed by atoms with E-state index < -0.39 is 67.2 Å². The molecule has 0 saturated heterocycles. The molecule has 0 aliphatic rings. The van der Waals surface area contributed by atoms with Gasteiger partial charge in [0, 0.05) is 44.5 Å². The molecule has 0 aromatic heterocycles. The summed E-state index contributed by atoms with van der Waals surface area (Å²) in [6.07, 6.45) is 0. The van der Waals surface area contributed by atoms with E-state index in [2.05, 4.69) is 0 Å². The molecule has 0 amide bonds. The summed E-state index contributed by atoms with van der Waals surface area (Å²) in [7, 11) is 0. The highest BCUT2D eigenvalue weighted by atomic mass is 16.6. The van der Waals surface area contributed by atoms with Crippen molar-refractivity contribution >= 4 is 23.9 Å². The maximum atomic E-state index is 14.2. The molecular weight excluding hydrogens is 1020 g/mol. The lowest BCUT2D eigenvalue weighted by Crippen LogP contribution is -2.24. The first kappa shape index (κ1) is 67.7. The molecule has 4 aromatic carbocycles. The molecule has 0 radical (unpaired) electrons. The average Bonchev–Trinajstić information content (AvgIpc) is 3.29. The topological polar surface area (TPSA) is 173 Å². The van der Waals surface area contributed by atoms with Gasteiger partial charge in [-0.05, 0) is 91.9 Å². The Kier molecular flexibility index (Phi) is 21.2. The van der Waals surface area contributed by atoms with Gasteiger partial charge >= 0.3 is 23.9 Å². The molecule has 81 heavy (non-hydrogen) atoms. The van der Waals surface area contributed by atoms with Crippen molar-refractivity contribution in [3.05, 3.63) is 115 Å². The number of carbonyl (C=O) groups is 4. The summed E-state index contributed by atoms with van der Waals surface area (Å²) in [5, 5.41) is 22.6. The van der Waals surface area contributed by atoms with Crippen LogP contribution in [0.25, 0.3) is 0 Å². The molecule has 2 N–H and O–H groups in total. The fourth-order valence-corrected chi connectivity index (χ4v) is 9.13. The number of benzene rings is 4. The lowest BCUT2D eigenvalue weighted by Gasteiger charge is -2.30. The minimum absolute atomic E-state index is 0.00488. The Hall–Kier alpha value is -5.76. The molecule has 0 heterocycles. The van der Waals surface area contributed by atoms with Crippen LogP contribution in [0.4, 0.5) is 0 Å². The van der Waals surface area contributed by atoms with E-state index in [9.17, 15) is 29.4 Å². The fraction of sp³-hybridized carbons (Fsp3) is 0.588. The number of phenolic OH excluding ortho intramolecular Hbond substituents is 2. The van der Waals surface area contributed by atoms with Crippen molar-refractivity contribution in [2.45, 2.75) is 209 Å². The van der Waals surface area contributed by atoms with Crippen LogP contribution >= 0.6 is 0 Å². The van der Waals surface area contributed by atoms with Gasteiger partial charge in [-0.3, -0.25) is 0 Å². The highest BCUT2D eigenvalue weighted by Crippen LogP contribution is 2.46. The van der Waals surface area contributed by atoms with Gasteiger partial charge in [-0.2, -0.15) is 0 Å². The van der Waals surface area contributed by atoms with E-state index in [1.165, 1.54) is 0 Å². The van der Waals surface area contributed by atoms with Crippen molar-refractivity contribution < 1.29 is 62.5 Å². The van der Waals surface area contributed by atoms with E-state index in [0.717, 1.165) is 0 Å². The first-order valence-corrected chi connectivity index (χ1v) is 28.4. The van der Waals surface area contributed by atoms with Crippen LogP contribution in [-0.2, 0) is 67.0 Å². The summed E-state index contributed by atoms with van der Waals surface area (Å²) in [5.41, 5.74) is 2.67. The van der Waals surface area contributed by atoms with Crippen LogP contribution in [0.15, 0.2) is 48.5 Å². The van der Waals surface area contributed by atoms with Crippen molar-refractivity contribution in [1.29, 1.82) is 0 Å². The number of esters is 4. The third kappa shape index (κ3) is 18.1. The predicted molar refractivity (Wildman–Crippen MR) is 322 cm³/mol. The maximum absolute atomic E-state index is 14.2. The van der Waals surface area contributed by atoms with Gasteiger partial charge in [-0.15, -0.1) is 0 Å². The van der Waals surface area contributed by atoms with E-state index in [-0.39, 0.29) is 64.4 Å². The second kappa shape index (κ2) is 25.4. The van der Waals surface area contributed by atoms with Gasteiger partial charge in [0.1, 0.15) is 36.2 Å². The Balaban J connectivity index is 1.31. The second-order valence-corrected chi connectivity index (χ2v) is 29.5. The van der Waals surface area contributed by atoms with Gasteiger partial charge in [0.15, 0.2) is 0 Å². The van der Waals surface area contributed by atoms with Crippen LogP contribution in [0.2, 0.25) is 0 Å². The molecule has 0 spiro atoms. The Morgan fingerprint density at radius 2 is 0.457 bits per heavy atom. The molecule has 0 bridgehead atoms. The Morgan fingerprint density at radius 1 is 0.284 bits per heavy atom. The van der Waals surface area contributed by atoms with Gasteiger partial charge in [-0.1, -0.05) is 166 Å².